The number of carbonyl (C=O) groups is 2. The van der Waals surface area contributed by atoms with E-state index < -0.39 is 12.0 Å². The smallest absolute Gasteiger partial charge is 0.326 e. The second-order valence-corrected chi connectivity index (χ2v) is 5.13. The predicted molar refractivity (Wildman–Crippen MR) is 74.9 cm³/mol. The number of carboxylic acids is 1. The largest absolute Gasteiger partial charge is 0.480 e. The molecule has 1 saturated heterocycles. The van der Waals surface area contributed by atoms with Crippen molar-refractivity contribution in [3.63, 3.8) is 0 Å². The maximum Gasteiger partial charge on any atom is 0.326 e. The average Bonchev–Trinajstić information content (AvgIpc) is 2.87. The SMILES string of the molecule is CCCCCCCC=CC(=O)N1CCCC1C(=O)O. The number of carbonyl (C=O) groups excluding carboxylic acids is 1. The van der Waals surface area contributed by atoms with Crippen molar-refractivity contribution < 1.29 is 14.7 Å². The molecule has 4 nitrogen and oxygen atoms in total. The fourth-order valence-corrected chi connectivity index (χ4v) is 2.43. The summed E-state index contributed by atoms with van der Waals surface area (Å²) in [5, 5.41) is 9.01. The van der Waals surface area contributed by atoms with Crippen molar-refractivity contribution >= 4 is 11.9 Å². The second-order valence-electron chi connectivity index (χ2n) is 5.13. The maximum absolute atomic E-state index is 11.9. The van der Waals surface area contributed by atoms with Crippen LogP contribution in [0.1, 0.15) is 58.3 Å². The molecule has 4 heteroatoms. The van der Waals surface area contributed by atoms with E-state index >= 15 is 0 Å². The van der Waals surface area contributed by atoms with Crippen molar-refractivity contribution in [3.8, 4) is 0 Å². The van der Waals surface area contributed by atoms with Crippen LogP contribution in [0.5, 0.6) is 0 Å². The number of unbranched alkanes of at least 4 members (excludes halogenated alkanes) is 5. The third-order valence-electron chi connectivity index (χ3n) is 3.56. The van der Waals surface area contributed by atoms with E-state index in [2.05, 4.69) is 6.92 Å². The zero-order valence-corrected chi connectivity index (χ0v) is 11.8. The highest BCUT2D eigenvalue weighted by atomic mass is 16.4. The Balaban J connectivity index is 2.24. The third kappa shape index (κ3) is 5.45. The minimum atomic E-state index is -0.890. The Morgan fingerprint density at radius 1 is 1.26 bits per heavy atom. The first-order valence-corrected chi connectivity index (χ1v) is 7.36. The van der Waals surface area contributed by atoms with E-state index in [1.165, 1.54) is 30.6 Å². The van der Waals surface area contributed by atoms with Crippen molar-refractivity contribution in [1.82, 2.24) is 4.90 Å². The summed E-state index contributed by atoms with van der Waals surface area (Å²) in [5.41, 5.74) is 0. The highest BCUT2D eigenvalue weighted by Crippen LogP contribution is 2.17. The molecule has 0 spiro atoms. The number of nitrogens with zero attached hydrogens (tertiary/aromatic N) is 1. The van der Waals surface area contributed by atoms with Gasteiger partial charge in [-0.2, -0.15) is 0 Å². The molecule has 1 atom stereocenters. The lowest BCUT2D eigenvalue weighted by molar-refractivity contribution is -0.146. The van der Waals surface area contributed by atoms with Gasteiger partial charge in [0.05, 0.1) is 0 Å². The van der Waals surface area contributed by atoms with Crippen LogP contribution in [0.2, 0.25) is 0 Å². The van der Waals surface area contributed by atoms with Gasteiger partial charge in [-0.05, 0) is 31.8 Å². The monoisotopic (exact) mass is 267 g/mol. The summed E-state index contributed by atoms with van der Waals surface area (Å²) < 4.78 is 0. The number of hydrogen-bond acceptors (Lipinski definition) is 2. The van der Waals surface area contributed by atoms with Crippen LogP contribution in [0.4, 0.5) is 0 Å². The predicted octanol–water partition coefficient (Wildman–Crippen LogP) is 2.98. The molecule has 19 heavy (non-hydrogen) atoms. The molecular weight excluding hydrogens is 242 g/mol. The summed E-state index contributed by atoms with van der Waals surface area (Å²) in [6, 6.07) is -0.623. The zero-order chi connectivity index (χ0) is 14.1. The van der Waals surface area contributed by atoms with Crippen LogP contribution in [0.25, 0.3) is 0 Å². The highest BCUT2D eigenvalue weighted by molar-refractivity contribution is 5.91. The molecule has 0 saturated carbocycles. The molecule has 1 fully saturated rings. The zero-order valence-electron chi connectivity index (χ0n) is 11.8. The molecule has 1 rings (SSSR count). The van der Waals surface area contributed by atoms with Gasteiger partial charge in [0, 0.05) is 6.54 Å². The number of carboxylic acid groups (broad SMARTS) is 1. The number of aliphatic carboxylic acids is 1. The normalized spacial score (nSPS) is 19.2. The topological polar surface area (TPSA) is 57.6 Å². The number of allylic oxidation sites excluding steroid dienone is 1. The fourth-order valence-electron chi connectivity index (χ4n) is 2.43. The van der Waals surface area contributed by atoms with Crippen LogP contribution >= 0.6 is 0 Å². The lowest BCUT2D eigenvalue weighted by atomic mass is 10.1. The van der Waals surface area contributed by atoms with Crippen molar-refractivity contribution in [2.75, 3.05) is 6.54 Å². The summed E-state index contributed by atoms with van der Waals surface area (Å²) in [5.74, 6) is -1.04. The molecule has 0 aromatic carbocycles. The fraction of sp³-hybridized carbons (Fsp3) is 0.733. The van der Waals surface area contributed by atoms with Gasteiger partial charge in [0.1, 0.15) is 6.04 Å². The molecule has 0 aliphatic carbocycles. The van der Waals surface area contributed by atoms with E-state index in [4.69, 9.17) is 5.11 Å². The summed E-state index contributed by atoms with van der Waals surface area (Å²) in [6.45, 7) is 2.75. The van der Waals surface area contributed by atoms with Crippen molar-refractivity contribution in [3.05, 3.63) is 12.2 Å². The lowest BCUT2D eigenvalue weighted by Crippen LogP contribution is -2.39. The summed E-state index contributed by atoms with van der Waals surface area (Å²) >= 11 is 0. The summed E-state index contributed by atoms with van der Waals surface area (Å²) in [4.78, 5) is 24.3. The summed E-state index contributed by atoms with van der Waals surface area (Å²) in [7, 11) is 0. The van der Waals surface area contributed by atoms with Gasteiger partial charge in [0.25, 0.3) is 0 Å². The second kappa shape index (κ2) is 8.73. The van der Waals surface area contributed by atoms with E-state index in [1.807, 2.05) is 6.08 Å². The Bertz CT molecular complexity index is 325. The van der Waals surface area contributed by atoms with E-state index in [-0.39, 0.29) is 5.91 Å². The van der Waals surface area contributed by atoms with E-state index in [0.29, 0.717) is 13.0 Å². The summed E-state index contributed by atoms with van der Waals surface area (Å²) in [6.07, 6.45) is 11.8. The molecule has 0 aromatic rings. The first kappa shape index (κ1) is 15.7. The molecule has 1 amide bonds. The van der Waals surface area contributed by atoms with Crippen molar-refractivity contribution in [1.29, 1.82) is 0 Å². The average molecular weight is 267 g/mol. The Morgan fingerprint density at radius 2 is 2.00 bits per heavy atom. The van der Waals surface area contributed by atoms with Crippen LogP contribution in [0.15, 0.2) is 12.2 Å². The number of hydrogen-bond donors (Lipinski definition) is 1. The van der Waals surface area contributed by atoms with Crippen LogP contribution in [0, 0.1) is 0 Å². The number of amides is 1. The molecule has 108 valence electrons. The van der Waals surface area contributed by atoms with Gasteiger partial charge in [-0.15, -0.1) is 0 Å². The van der Waals surface area contributed by atoms with Crippen molar-refractivity contribution in [2.45, 2.75) is 64.3 Å². The molecule has 1 unspecified atom stereocenters. The van der Waals surface area contributed by atoms with Gasteiger partial charge < -0.3 is 10.0 Å². The molecule has 0 bridgehead atoms. The molecule has 1 heterocycles. The molecule has 1 aliphatic heterocycles. The van der Waals surface area contributed by atoms with Gasteiger partial charge >= 0.3 is 5.97 Å². The molecule has 0 aromatic heterocycles. The number of likely N-dealkylation sites (tertiary alicyclic amines) is 1. The first-order chi connectivity index (χ1) is 9.16. The van der Waals surface area contributed by atoms with Gasteiger partial charge in [-0.1, -0.05) is 38.7 Å². The molecular formula is C15H25NO3. The standard InChI is InChI=1S/C15H25NO3/c1-2-3-4-5-6-7-8-11-14(17)16-12-9-10-13(16)15(18)19/h8,11,13H,2-7,9-10,12H2,1H3,(H,18,19). The minimum absolute atomic E-state index is 0.154. The maximum atomic E-state index is 11.9. The van der Waals surface area contributed by atoms with Gasteiger partial charge in [0.15, 0.2) is 0 Å². The Kier molecular flexibility index (Phi) is 7.23. The minimum Gasteiger partial charge on any atom is -0.480 e. The molecule has 1 N–H and O–H groups in total. The van der Waals surface area contributed by atoms with Crippen LogP contribution in [-0.2, 0) is 9.59 Å². The lowest BCUT2D eigenvalue weighted by Gasteiger charge is -2.19. The quantitative estimate of drug-likeness (QED) is 0.543. The first-order valence-electron chi connectivity index (χ1n) is 7.36. The Labute approximate surface area is 115 Å². The van der Waals surface area contributed by atoms with Gasteiger partial charge in [-0.3, -0.25) is 4.79 Å². The van der Waals surface area contributed by atoms with Gasteiger partial charge in [0.2, 0.25) is 5.91 Å². The number of rotatable bonds is 8. The Morgan fingerprint density at radius 3 is 2.68 bits per heavy atom. The van der Waals surface area contributed by atoms with Gasteiger partial charge in [-0.25, -0.2) is 4.79 Å². The van der Waals surface area contributed by atoms with Crippen molar-refractivity contribution in [2.24, 2.45) is 0 Å². The van der Waals surface area contributed by atoms with Crippen LogP contribution in [-0.4, -0.2) is 34.5 Å². The highest BCUT2D eigenvalue weighted by Gasteiger charge is 2.32. The van der Waals surface area contributed by atoms with E-state index in [0.717, 1.165) is 19.3 Å². The Hall–Kier alpha value is -1.32. The van der Waals surface area contributed by atoms with Crippen LogP contribution in [0.3, 0.4) is 0 Å². The van der Waals surface area contributed by atoms with Crippen LogP contribution < -0.4 is 0 Å². The van der Waals surface area contributed by atoms with E-state index in [9.17, 15) is 9.59 Å². The third-order valence-corrected chi connectivity index (χ3v) is 3.56. The molecule has 1 aliphatic rings. The molecule has 0 radical (unpaired) electrons. The van der Waals surface area contributed by atoms with E-state index in [1.54, 1.807) is 6.08 Å².